The van der Waals surface area contributed by atoms with Crippen LogP contribution in [0.3, 0.4) is 0 Å². The van der Waals surface area contributed by atoms with E-state index >= 15 is 0 Å². The fourth-order valence-electron chi connectivity index (χ4n) is 4.69. The van der Waals surface area contributed by atoms with Crippen molar-refractivity contribution in [3.05, 3.63) is 125 Å². The van der Waals surface area contributed by atoms with Gasteiger partial charge in [-0.15, -0.1) is 0 Å². The van der Waals surface area contributed by atoms with Crippen molar-refractivity contribution in [1.82, 2.24) is 4.57 Å². The predicted octanol–water partition coefficient (Wildman–Crippen LogP) is 5.35. The Bertz CT molecular complexity index is 1800. The van der Waals surface area contributed by atoms with Crippen LogP contribution in [0.25, 0.3) is 6.08 Å². The van der Waals surface area contributed by atoms with Crippen LogP contribution in [0.15, 0.2) is 87.8 Å². The van der Waals surface area contributed by atoms with E-state index in [-0.39, 0.29) is 18.8 Å². The maximum Gasteiger partial charge on any atom is 0.338 e. The third kappa shape index (κ3) is 5.85. The van der Waals surface area contributed by atoms with Crippen molar-refractivity contribution < 1.29 is 19.0 Å². The molecule has 0 saturated carbocycles. The highest BCUT2D eigenvalue weighted by atomic mass is 35.5. The molecule has 1 aromatic heterocycles. The number of ether oxygens (including phenoxy) is 3. The summed E-state index contributed by atoms with van der Waals surface area (Å²) in [6, 6.07) is 20.0. The zero-order valence-electron chi connectivity index (χ0n) is 23.1. The number of hydrogen-bond acceptors (Lipinski definition) is 7. The summed E-state index contributed by atoms with van der Waals surface area (Å²) in [5, 5.41) is 0.646. The van der Waals surface area contributed by atoms with Crippen molar-refractivity contribution in [2.24, 2.45) is 4.99 Å². The number of nitrogens with zero attached hydrogens (tertiary/aromatic N) is 2. The number of carbonyl (C=O) groups excluding carboxylic acids is 1. The minimum Gasteiger partial charge on any atom is -0.493 e. The number of para-hydroxylation sites is 1. The van der Waals surface area contributed by atoms with Crippen LogP contribution >= 0.6 is 22.9 Å². The van der Waals surface area contributed by atoms with Crippen LogP contribution in [0.5, 0.6) is 11.5 Å². The maximum atomic E-state index is 14.0. The SMILES string of the molecule is CCOC(=O)C1=C(C)N=c2s/c(=C\c3cccc(OC)c3OCc3ccc(Cl)cc3)c(=O)n2[C@@H]1c1ccc(C)cc1. The first-order valence-electron chi connectivity index (χ1n) is 13.1. The highest BCUT2D eigenvalue weighted by Gasteiger charge is 2.33. The molecule has 0 saturated heterocycles. The van der Waals surface area contributed by atoms with Gasteiger partial charge in [0.2, 0.25) is 0 Å². The normalized spacial score (nSPS) is 14.9. The Morgan fingerprint density at radius 1 is 1.07 bits per heavy atom. The Labute approximate surface area is 246 Å². The van der Waals surface area contributed by atoms with Gasteiger partial charge in [0, 0.05) is 10.6 Å². The Balaban J connectivity index is 1.63. The summed E-state index contributed by atoms with van der Waals surface area (Å²) in [5.74, 6) is 0.562. The van der Waals surface area contributed by atoms with Gasteiger partial charge in [-0.2, -0.15) is 0 Å². The summed E-state index contributed by atoms with van der Waals surface area (Å²) in [6.07, 6.45) is 1.78. The molecule has 0 spiro atoms. The summed E-state index contributed by atoms with van der Waals surface area (Å²) < 4.78 is 19.2. The number of hydrogen-bond donors (Lipinski definition) is 0. The first-order chi connectivity index (χ1) is 19.8. The molecule has 1 aliphatic heterocycles. The molecule has 0 N–H and O–H groups in total. The van der Waals surface area contributed by atoms with E-state index in [2.05, 4.69) is 4.99 Å². The number of aryl methyl sites for hydroxylation is 1. The van der Waals surface area contributed by atoms with Gasteiger partial charge in [-0.3, -0.25) is 9.36 Å². The Morgan fingerprint density at radius 2 is 1.80 bits per heavy atom. The second-order valence-corrected chi connectivity index (χ2v) is 11.0. The minimum atomic E-state index is -0.668. The quantitative estimate of drug-likeness (QED) is 0.259. The topological polar surface area (TPSA) is 79.1 Å². The molecule has 0 radical (unpaired) electrons. The molecule has 1 atom stereocenters. The molecular formula is C32H29ClN2O5S. The van der Waals surface area contributed by atoms with E-state index < -0.39 is 12.0 Å². The van der Waals surface area contributed by atoms with E-state index in [4.69, 9.17) is 25.8 Å². The number of allylic oxidation sites excluding steroid dienone is 1. The van der Waals surface area contributed by atoms with Crippen molar-refractivity contribution in [2.45, 2.75) is 33.4 Å². The van der Waals surface area contributed by atoms with Crippen molar-refractivity contribution in [2.75, 3.05) is 13.7 Å². The van der Waals surface area contributed by atoms with Crippen LogP contribution in [-0.2, 0) is 16.1 Å². The zero-order valence-corrected chi connectivity index (χ0v) is 24.7. The lowest BCUT2D eigenvalue weighted by molar-refractivity contribution is -0.139. The summed E-state index contributed by atoms with van der Waals surface area (Å²) >= 11 is 7.28. The summed E-state index contributed by atoms with van der Waals surface area (Å²) in [6.45, 7) is 6.02. The molecule has 4 aromatic rings. The van der Waals surface area contributed by atoms with Gasteiger partial charge < -0.3 is 14.2 Å². The summed E-state index contributed by atoms with van der Waals surface area (Å²) in [5.41, 5.74) is 4.10. The average molecular weight is 589 g/mol. The molecule has 0 bridgehead atoms. The molecule has 3 aromatic carbocycles. The highest BCUT2D eigenvalue weighted by Crippen LogP contribution is 2.33. The lowest BCUT2D eigenvalue weighted by atomic mass is 9.95. The van der Waals surface area contributed by atoms with Crippen molar-refractivity contribution in [3.8, 4) is 11.5 Å². The largest absolute Gasteiger partial charge is 0.493 e. The van der Waals surface area contributed by atoms with Crippen LogP contribution in [0, 0.1) is 6.92 Å². The van der Waals surface area contributed by atoms with Gasteiger partial charge in [0.05, 0.1) is 35.6 Å². The van der Waals surface area contributed by atoms with Crippen LogP contribution < -0.4 is 24.4 Å². The molecular weight excluding hydrogens is 560 g/mol. The molecule has 9 heteroatoms. The standard InChI is InChI=1S/C32H29ClN2O5S/c1-5-39-31(37)27-20(3)34-32-35(28(27)22-13-9-19(2)10-14-22)30(36)26(41-32)17-23-7-6-8-25(38-4)29(23)40-18-21-11-15-24(33)16-12-21/h6-17,28H,5,18H2,1-4H3/b26-17-/t28-/m1/s1. The molecule has 0 unspecified atom stereocenters. The highest BCUT2D eigenvalue weighted by molar-refractivity contribution is 7.07. The van der Waals surface area contributed by atoms with E-state index in [9.17, 15) is 9.59 Å². The van der Waals surface area contributed by atoms with E-state index in [1.165, 1.54) is 11.3 Å². The minimum absolute atomic E-state index is 0.218. The monoisotopic (exact) mass is 588 g/mol. The number of methoxy groups -OCH3 is 1. The van der Waals surface area contributed by atoms with E-state index in [1.807, 2.05) is 61.5 Å². The Hall–Kier alpha value is -4.14. The molecule has 0 amide bonds. The fraction of sp³-hybridized carbons (Fsp3) is 0.219. The Morgan fingerprint density at radius 3 is 2.49 bits per heavy atom. The van der Waals surface area contributed by atoms with Gasteiger partial charge in [0.15, 0.2) is 16.3 Å². The zero-order chi connectivity index (χ0) is 29.1. The van der Waals surface area contributed by atoms with Crippen molar-refractivity contribution >= 4 is 35.0 Å². The second-order valence-electron chi connectivity index (χ2n) is 9.51. The van der Waals surface area contributed by atoms with Gasteiger partial charge in [0.1, 0.15) is 6.61 Å². The molecule has 2 heterocycles. The van der Waals surface area contributed by atoms with Gasteiger partial charge in [-0.05, 0) is 56.2 Å². The number of thiazole rings is 1. The smallest absolute Gasteiger partial charge is 0.338 e. The van der Waals surface area contributed by atoms with Gasteiger partial charge in [0.25, 0.3) is 5.56 Å². The fourth-order valence-corrected chi connectivity index (χ4v) is 5.86. The molecule has 5 rings (SSSR count). The van der Waals surface area contributed by atoms with Crippen LogP contribution in [0.4, 0.5) is 0 Å². The van der Waals surface area contributed by atoms with Crippen LogP contribution in [-0.4, -0.2) is 24.3 Å². The number of esters is 1. The molecule has 1 aliphatic rings. The average Bonchev–Trinajstić information content (AvgIpc) is 3.26. The van der Waals surface area contributed by atoms with Crippen molar-refractivity contribution in [1.29, 1.82) is 0 Å². The van der Waals surface area contributed by atoms with E-state index in [0.29, 0.717) is 42.7 Å². The number of halogens is 1. The Kier molecular flexibility index (Phi) is 8.42. The first kappa shape index (κ1) is 28.4. The number of fused-ring (bicyclic) bond motifs is 1. The third-order valence-electron chi connectivity index (χ3n) is 6.72. The first-order valence-corrected chi connectivity index (χ1v) is 14.3. The molecule has 0 fully saturated rings. The van der Waals surface area contributed by atoms with Gasteiger partial charge in [-0.25, -0.2) is 9.79 Å². The lowest BCUT2D eigenvalue weighted by Gasteiger charge is -2.24. The molecule has 7 nitrogen and oxygen atoms in total. The predicted molar refractivity (Wildman–Crippen MR) is 160 cm³/mol. The molecule has 0 aliphatic carbocycles. The number of rotatable bonds is 8. The number of carbonyl (C=O) groups is 1. The summed E-state index contributed by atoms with van der Waals surface area (Å²) in [4.78, 5) is 32.3. The van der Waals surface area contributed by atoms with Crippen LogP contribution in [0.2, 0.25) is 5.02 Å². The van der Waals surface area contributed by atoms with Crippen LogP contribution in [0.1, 0.15) is 42.1 Å². The van der Waals surface area contributed by atoms with Crippen molar-refractivity contribution in [3.63, 3.8) is 0 Å². The maximum absolute atomic E-state index is 14.0. The second kappa shape index (κ2) is 12.2. The third-order valence-corrected chi connectivity index (χ3v) is 7.96. The number of benzene rings is 3. The van der Waals surface area contributed by atoms with E-state index in [1.54, 1.807) is 43.7 Å². The molecule has 210 valence electrons. The van der Waals surface area contributed by atoms with Gasteiger partial charge in [-0.1, -0.05) is 77.0 Å². The number of aromatic nitrogens is 1. The van der Waals surface area contributed by atoms with E-state index in [0.717, 1.165) is 16.7 Å². The lowest BCUT2D eigenvalue weighted by Crippen LogP contribution is -2.39. The van der Waals surface area contributed by atoms with Gasteiger partial charge >= 0.3 is 5.97 Å². The summed E-state index contributed by atoms with van der Waals surface area (Å²) in [7, 11) is 1.57. The molecule has 41 heavy (non-hydrogen) atoms.